The van der Waals surface area contributed by atoms with Crippen molar-refractivity contribution in [3.8, 4) is 0 Å². The summed E-state index contributed by atoms with van der Waals surface area (Å²) in [6.45, 7) is 9.59. The Bertz CT molecular complexity index is 909. The van der Waals surface area contributed by atoms with Crippen molar-refractivity contribution in [2.45, 2.75) is 33.4 Å². The van der Waals surface area contributed by atoms with Crippen molar-refractivity contribution < 1.29 is 14.6 Å². The van der Waals surface area contributed by atoms with Crippen molar-refractivity contribution in [1.29, 1.82) is 0 Å². The molecule has 1 aromatic heterocycles. The van der Waals surface area contributed by atoms with Crippen molar-refractivity contribution in [1.82, 2.24) is 4.57 Å². The molecule has 3 aromatic rings. The van der Waals surface area contributed by atoms with Crippen LogP contribution in [0.25, 0.3) is 21.8 Å². The maximum Gasteiger partial charge on any atom is 0.333 e. The highest BCUT2D eigenvalue weighted by Crippen LogP contribution is 2.30. The van der Waals surface area contributed by atoms with E-state index >= 15 is 0 Å². The van der Waals surface area contributed by atoms with E-state index in [9.17, 15) is 9.90 Å². The van der Waals surface area contributed by atoms with E-state index in [0.717, 1.165) is 11.0 Å². The van der Waals surface area contributed by atoms with E-state index < -0.39 is 12.1 Å². The van der Waals surface area contributed by atoms with Gasteiger partial charge in [-0.2, -0.15) is 0 Å². The van der Waals surface area contributed by atoms with Crippen LogP contribution < -0.4 is 0 Å². The Labute approximate surface area is 147 Å². The Hall–Kier alpha value is -2.59. The second-order valence-corrected chi connectivity index (χ2v) is 6.68. The molecule has 1 heterocycles. The molecular weight excluding hydrogens is 314 g/mol. The quantitative estimate of drug-likeness (QED) is 0.567. The third-order valence-corrected chi connectivity index (χ3v) is 4.32. The summed E-state index contributed by atoms with van der Waals surface area (Å²) in [5.41, 5.74) is 4.86. The number of benzene rings is 2. The van der Waals surface area contributed by atoms with Gasteiger partial charge in [-0.3, -0.25) is 0 Å². The molecule has 3 rings (SSSR count). The second-order valence-electron chi connectivity index (χ2n) is 6.68. The lowest BCUT2D eigenvalue weighted by Gasteiger charge is -2.14. The standard InChI is InChI=1S/C21H23NO3/c1-13(2)21(24)25-12-16(23)11-22-19-7-5-14(3)9-17(19)18-10-15(4)6-8-20(18)22/h5-10,16,23H,1,11-12H2,2-4H3. The van der Waals surface area contributed by atoms with Crippen LogP contribution in [0, 0.1) is 13.8 Å². The molecule has 4 nitrogen and oxygen atoms in total. The van der Waals surface area contributed by atoms with Gasteiger partial charge in [0.1, 0.15) is 12.7 Å². The van der Waals surface area contributed by atoms with Crippen LogP contribution >= 0.6 is 0 Å². The Morgan fingerprint density at radius 2 is 1.64 bits per heavy atom. The van der Waals surface area contributed by atoms with Gasteiger partial charge in [0.2, 0.25) is 0 Å². The Kier molecular flexibility index (Phi) is 4.64. The molecule has 0 aliphatic heterocycles. The number of hydrogen-bond donors (Lipinski definition) is 1. The number of ether oxygens (including phenoxy) is 1. The fourth-order valence-electron chi connectivity index (χ4n) is 3.09. The van der Waals surface area contributed by atoms with Gasteiger partial charge in [-0.1, -0.05) is 29.8 Å². The van der Waals surface area contributed by atoms with Gasteiger partial charge < -0.3 is 14.4 Å². The van der Waals surface area contributed by atoms with Crippen molar-refractivity contribution in [3.05, 3.63) is 59.7 Å². The van der Waals surface area contributed by atoms with E-state index in [1.54, 1.807) is 6.92 Å². The first-order valence-electron chi connectivity index (χ1n) is 8.36. The first kappa shape index (κ1) is 17.2. The Morgan fingerprint density at radius 3 is 2.12 bits per heavy atom. The fourth-order valence-corrected chi connectivity index (χ4v) is 3.09. The minimum absolute atomic E-state index is 0.0510. The average Bonchev–Trinajstić information content (AvgIpc) is 2.85. The van der Waals surface area contributed by atoms with Crippen LogP contribution in [0.1, 0.15) is 18.1 Å². The summed E-state index contributed by atoms with van der Waals surface area (Å²) < 4.78 is 7.16. The molecular formula is C21H23NO3. The summed E-state index contributed by atoms with van der Waals surface area (Å²) in [4.78, 5) is 11.5. The zero-order chi connectivity index (χ0) is 18.1. The third kappa shape index (κ3) is 3.44. The summed E-state index contributed by atoms with van der Waals surface area (Å²) in [5.74, 6) is -0.479. The number of aryl methyl sites for hydroxylation is 2. The van der Waals surface area contributed by atoms with Gasteiger partial charge in [-0.05, 0) is 45.0 Å². The molecule has 0 bridgehead atoms. The summed E-state index contributed by atoms with van der Waals surface area (Å²) >= 11 is 0. The number of aliphatic hydroxyl groups is 1. The molecule has 2 aromatic carbocycles. The molecule has 0 saturated heterocycles. The van der Waals surface area contributed by atoms with Crippen molar-refractivity contribution in [2.75, 3.05) is 6.61 Å². The zero-order valence-corrected chi connectivity index (χ0v) is 14.9. The van der Waals surface area contributed by atoms with Gasteiger partial charge in [0, 0.05) is 27.4 Å². The van der Waals surface area contributed by atoms with E-state index in [1.807, 2.05) is 0 Å². The van der Waals surface area contributed by atoms with Gasteiger partial charge in [-0.25, -0.2) is 4.79 Å². The number of esters is 1. The van der Waals surface area contributed by atoms with Crippen molar-refractivity contribution in [3.63, 3.8) is 0 Å². The minimum Gasteiger partial charge on any atom is -0.460 e. The van der Waals surface area contributed by atoms with Crippen LogP contribution in [0.4, 0.5) is 0 Å². The number of carbonyl (C=O) groups is 1. The molecule has 0 saturated carbocycles. The van der Waals surface area contributed by atoms with Crippen LogP contribution in [0.15, 0.2) is 48.6 Å². The highest BCUT2D eigenvalue weighted by Gasteiger charge is 2.15. The Morgan fingerprint density at radius 1 is 1.12 bits per heavy atom. The molecule has 1 N–H and O–H groups in total. The predicted molar refractivity (Wildman–Crippen MR) is 101 cm³/mol. The van der Waals surface area contributed by atoms with Gasteiger partial charge in [0.15, 0.2) is 0 Å². The third-order valence-electron chi connectivity index (χ3n) is 4.32. The van der Waals surface area contributed by atoms with E-state index in [4.69, 9.17) is 4.74 Å². The lowest BCUT2D eigenvalue weighted by atomic mass is 10.1. The van der Waals surface area contributed by atoms with E-state index in [2.05, 4.69) is 61.4 Å². The molecule has 1 atom stereocenters. The van der Waals surface area contributed by atoms with Crippen LogP contribution in [0.2, 0.25) is 0 Å². The second kappa shape index (κ2) is 6.73. The van der Waals surface area contributed by atoms with Crippen molar-refractivity contribution >= 4 is 27.8 Å². The molecule has 0 aliphatic carbocycles. The monoisotopic (exact) mass is 337 g/mol. The fraction of sp³-hybridized carbons (Fsp3) is 0.286. The largest absolute Gasteiger partial charge is 0.460 e. The molecule has 0 spiro atoms. The van der Waals surface area contributed by atoms with Crippen LogP contribution in [-0.4, -0.2) is 28.4 Å². The number of aromatic nitrogens is 1. The number of rotatable bonds is 5. The van der Waals surface area contributed by atoms with Gasteiger partial charge in [-0.15, -0.1) is 0 Å². The highest BCUT2D eigenvalue weighted by molar-refractivity contribution is 6.08. The highest BCUT2D eigenvalue weighted by atomic mass is 16.5. The Balaban J connectivity index is 1.97. The van der Waals surface area contributed by atoms with Crippen molar-refractivity contribution in [2.24, 2.45) is 0 Å². The molecule has 0 aliphatic rings. The van der Waals surface area contributed by atoms with E-state index in [0.29, 0.717) is 12.1 Å². The summed E-state index contributed by atoms with van der Waals surface area (Å²) in [7, 11) is 0. The van der Waals surface area contributed by atoms with Gasteiger partial charge in [0.05, 0.1) is 6.54 Å². The molecule has 0 amide bonds. The number of carbonyl (C=O) groups excluding carboxylic acids is 1. The number of fused-ring (bicyclic) bond motifs is 3. The van der Waals surface area contributed by atoms with Crippen LogP contribution in [0.3, 0.4) is 0 Å². The molecule has 0 fully saturated rings. The molecule has 25 heavy (non-hydrogen) atoms. The first-order chi connectivity index (χ1) is 11.9. The average molecular weight is 337 g/mol. The lowest BCUT2D eigenvalue weighted by Crippen LogP contribution is -2.24. The maximum atomic E-state index is 11.5. The molecule has 4 heteroatoms. The maximum absolute atomic E-state index is 11.5. The summed E-state index contributed by atoms with van der Waals surface area (Å²) in [6.07, 6.45) is -0.787. The molecule has 130 valence electrons. The van der Waals surface area contributed by atoms with Crippen LogP contribution in [-0.2, 0) is 16.1 Å². The van der Waals surface area contributed by atoms with Gasteiger partial charge >= 0.3 is 5.97 Å². The normalized spacial score (nSPS) is 12.5. The summed E-state index contributed by atoms with van der Waals surface area (Å²) in [5, 5.41) is 12.7. The SMILES string of the molecule is C=C(C)C(=O)OCC(O)Cn1c2ccc(C)cc2c2cc(C)ccc21. The zero-order valence-electron chi connectivity index (χ0n) is 14.9. The van der Waals surface area contributed by atoms with E-state index in [-0.39, 0.29) is 6.61 Å². The topological polar surface area (TPSA) is 51.5 Å². The summed E-state index contributed by atoms with van der Waals surface area (Å²) in [6, 6.07) is 12.6. The van der Waals surface area contributed by atoms with E-state index in [1.165, 1.54) is 21.9 Å². The number of hydrogen-bond acceptors (Lipinski definition) is 3. The van der Waals surface area contributed by atoms with Crippen LogP contribution in [0.5, 0.6) is 0 Å². The number of nitrogens with zero attached hydrogens (tertiary/aromatic N) is 1. The van der Waals surface area contributed by atoms with Gasteiger partial charge in [0.25, 0.3) is 0 Å². The smallest absolute Gasteiger partial charge is 0.333 e. The molecule has 0 radical (unpaired) electrons. The lowest BCUT2D eigenvalue weighted by molar-refractivity contribution is -0.142. The number of aliphatic hydroxyl groups excluding tert-OH is 1. The first-order valence-corrected chi connectivity index (χ1v) is 8.36. The molecule has 1 unspecified atom stereocenters. The minimum atomic E-state index is -0.787. The predicted octanol–water partition coefficient (Wildman–Crippen LogP) is 3.89.